The van der Waals surface area contributed by atoms with Gasteiger partial charge >= 0.3 is 5.97 Å². The maximum atomic E-state index is 11.1. The molecule has 6 nitrogen and oxygen atoms in total. The van der Waals surface area contributed by atoms with Crippen molar-refractivity contribution in [2.75, 3.05) is 14.2 Å². The second-order valence-corrected chi connectivity index (χ2v) is 5.41. The molecule has 1 aromatic carbocycles. The van der Waals surface area contributed by atoms with Gasteiger partial charge in [-0.25, -0.2) is 0 Å². The van der Waals surface area contributed by atoms with Crippen molar-refractivity contribution in [3.8, 4) is 11.5 Å². The molecule has 0 spiro atoms. The molecule has 0 aliphatic carbocycles. The van der Waals surface area contributed by atoms with Gasteiger partial charge < -0.3 is 24.8 Å². The lowest BCUT2D eigenvalue weighted by Gasteiger charge is -2.27. The first-order chi connectivity index (χ1) is 9.73. The molecule has 0 saturated heterocycles. The fraction of sp³-hybridized carbons (Fsp3) is 0.533. The molecule has 0 aliphatic heterocycles. The first kappa shape index (κ1) is 17.3. The minimum Gasteiger partial charge on any atom is -0.493 e. The number of aliphatic hydroxyl groups excluding tert-OH is 2. The molecule has 21 heavy (non-hydrogen) atoms. The first-order valence-corrected chi connectivity index (χ1v) is 6.55. The predicted octanol–water partition coefficient (Wildman–Crippen LogP) is 1.60. The first-order valence-electron chi connectivity index (χ1n) is 6.55. The fourth-order valence-corrected chi connectivity index (χ4v) is 1.84. The van der Waals surface area contributed by atoms with E-state index < -0.39 is 23.6 Å². The van der Waals surface area contributed by atoms with Crippen LogP contribution < -0.4 is 9.47 Å². The highest BCUT2D eigenvalue weighted by molar-refractivity contribution is 5.74. The van der Waals surface area contributed by atoms with Crippen LogP contribution in [0.1, 0.15) is 31.9 Å². The lowest BCUT2D eigenvalue weighted by molar-refractivity contribution is -0.154. The van der Waals surface area contributed by atoms with Crippen LogP contribution in [0.4, 0.5) is 0 Å². The normalized spacial score (nSPS) is 14.4. The molecular weight excluding hydrogens is 276 g/mol. The number of rotatable bonds is 7. The third kappa shape index (κ3) is 3.86. The van der Waals surface area contributed by atoms with Gasteiger partial charge in [-0.2, -0.15) is 0 Å². The number of hydrogen-bond donors (Lipinski definition) is 3. The van der Waals surface area contributed by atoms with Crippen molar-refractivity contribution < 1.29 is 29.6 Å². The monoisotopic (exact) mass is 298 g/mol. The van der Waals surface area contributed by atoms with E-state index in [-0.39, 0.29) is 6.42 Å². The summed E-state index contributed by atoms with van der Waals surface area (Å²) in [6, 6.07) is 4.89. The number of carbonyl (C=O) groups is 1. The number of aliphatic hydroxyl groups is 2. The Morgan fingerprint density at radius 1 is 1.19 bits per heavy atom. The molecule has 0 heterocycles. The SMILES string of the molecule is COc1ccc(C(O)CC(O)C(C)(C)C(=O)O)cc1OC. The third-order valence-electron chi connectivity index (χ3n) is 3.62. The number of carboxylic acid groups (broad SMARTS) is 1. The number of hydrogen-bond acceptors (Lipinski definition) is 5. The topological polar surface area (TPSA) is 96.2 Å². The molecule has 0 amide bonds. The van der Waals surface area contributed by atoms with Crippen LogP contribution in [0.5, 0.6) is 11.5 Å². The molecule has 1 rings (SSSR count). The van der Waals surface area contributed by atoms with Gasteiger partial charge in [-0.05, 0) is 31.5 Å². The van der Waals surface area contributed by atoms with Gasteiger partial charge in [0.1, 0.15) is 0 Å². The zero-order valence-corrected chi connectivity index (χ0v) is 12.7. The molecule has 0 aromatic heterocycles. The molecule has 0 radical (unpaired) electrons. The van der Waals surface area contributed by atoms with E-state index in [1.165, 1.54) is 28.1 Å². The quantitative estimate of drug-likeness (QED) is 0.707. The average Bonchev–Trinajstić information content (AvgIpc) is 2.45. The highest BCUT2D eigenvalue weighted by atomic mass is 16.5. The van der Waals surface area contributed by atoms with Gasteiger partial charge in [0.2, 0.25) is 0 Å². The summed E-state index contributed by atoms with van der Waals surface area (Å²) >= 11 is 0. The summed E-state index contributed by atoms with van der Waals surface area (Å²) in [6.07, 6.45) is -2.27. The van der Waals surface area contributed by atoms with E-state index in [0.29, 0.717) is 17.1 Å². The van der Waals surface area contributed by atoms with Crippen LogP contribution in [0, 0.1) is 5.41 Å². The third-order valence-corrected chi connectivity index (χ3v) is 3.62. The molecule has 2 unspecified atom stereocenters. The maximum Gasteiger partial charge on any atom is 0.311 e. The van der Waals surface area contributed by atoms with E-state index in [9.17, 15) is 15.0 Å². The number of carboxylic acids is 1. The van der Waals surface area contributed by atoms with Crippen LogP contribution in [-0.2, 0) is 4.79 Å². The Morgan fingerprint density at radius 2 is 1.76 bits per heavy atom. The van der Waals surface area contributed by atoms with Gasteiger partial charge in [0, 0.05) is 6.42 Å². The van der Waals surface area contributed by atoms with Crippen LogP contribution in [0.25, 0.3) is 0 Å². The van der Waals surface area contributed by atoms with Gasteiger partial charge in [-0.15, -0.1) is 0 Å². The summed E-state index contributed by atoms with van der Waals surface area (Å²) < 4.78 is 10.2. The second kappa shape index (κ2) is 6.78. The van der Waals surface area contributed by atoms with Gasteiger partial charge in [-0.1, -0.05) is 6.07 Å². The summed E-state index contributed by atoms with van der Waals surface area (Å²) in [4.78, 5) is 11.1. The van der Waals surface area contributed by atoms with Crippen LogP contribution in [-0.4, -0.2) is 41.6 Å². The molecule has 0 fully saturated rings. The number of aliphatic carboxylic acids is 1. The molecule has 118 valence electrons. The lowest BCUT2D eigenvalue weighted by atomic mass is 9.83. The summed E-state index contributed by atoms with van der Waals surface area (Å²) in [7, 11) is 2.99. The van der Waals surface area contributed by atoms with Crippen molar-refractivity contribution in [1.29, 1.82) is 0 Å². The van der Waals surface area contributed by atoms with Crippen LogP contribution in [0.2, 0.25) is 0 Å². The zero-order chi connectivity index (χ0) is 16.2. The summed E-state index contributed by atoms with van der Waals surface area (Å²) in [6.45, 7) is 2.84. The van der Waals surface area contributed by atoms with Crippen molar-refractivity contribution in [3.63, 3.8) is 0 Å². The minimum atomic E-state index is -1.34. The molecular formula is C15H22O6. The Kier molecular flexibility index (Phi) is 5.57. The number of ether oxygens (including phenoxy) is 2. The second-order valence-electron chi connectivity index (χ2n) is 5.41. The lowest BCUT2D eigenvalue weighted by Crippen LogP contribution is -2.38. The Morgan fingerprint density at radius 3 is 2.24 bits per heavy atom. The van der Waals surface area contributed by atoms with Crippen molar-refractivity contribution in [2.24, 2.45) is 5.41 Å². The molecule has 0 saturated carbocycles. The van der Waals surface area contributed by atoms with E-state index in [2.05, 4.69) is 0 Å². The van der Waals surface area contributed by atoms with E-state index >= 15 is 0 Å². The van der Waals surface area contributed by atoms with E-state index in [1.807, 2.05) is 0 Å². The summed E-state index contributed by atoms with van der Waals surface area (Å²) in [5.41, 5.74) is -0.815. The summed E-state index contributed by atoms with van der Waals surface area (Å²) in [5, 5.41) is 29.2. The Bertz CT molecular complexity index is 497. The zero-order valence-electron chi connectivity index (χ0n) is 12.7. The Labute approximate surface area is 123 Å². The maximum absolute atomic E-state index is 11.1. The highest BCUT2D eigenvalue weighted by Crippen LogP contribution is 2.33. The number of benzene rings is 1. The highest BCUT2D eigenvalue weighted by Gasteiger charge is 2.37. The molecule has 2 atom stereocenters. The Hall–Kier alpha value is -1.79. The van der Waals surface area contributed by atoms with Crippen LogP contribution in [0.3, 0.4) is 0 Å². The number of methoxy groups -OCH3 is 2. The molecule has 6 heteroatoms. The fourth-order valence-electron chi connectivity index (χ4n) is 1.84. The smallest absolute Gasteiger partial charge is 0.311 e. The van der Waals surface area contributed by atoms with Gasteiger partial charge in [0.15, 0.2) is 11.5 Å². The van der Waals surface area contributed by atoms with Gasteiger partial charge in [0.05, 0.1) is 31.8 Å². The van der Waals surface area contributed by atoms with Gasteiger partial charge in [-0.3, -0.25) is 4.79 Å². The van der Waals surface area contributed by atoms with E-state index in [1.54, 1.807) is 18.2 Å². The Balaban J connectivity index is 2.89. The molecule has 3 N–H and O–H groups in total. The molecule has 0 bridgehead atoms. The van der Waals surface area contributed by atoms with Crippen molar-refractivity contribution in [1.82, 2.24) is 0 Å². The van der Waals surface area contributed by atoms with Crippen molar-refractivity contribution in [2.45, 2.75) is 32.5 Å². The van der Waals surface area contributed by atoms with Crippen molar-refractivity contribution >= 4 is 5.97 Å². The standard InChI is InChI=1S/C15H22O6/c1-15(2,14(18)19)13(17)8-10(16)9-5-6-11(20-3)12(7-9)21-4/h5-7,10,13,16-17H,8H2,1-4H3,(H,18,19). The van der Waals surface area contributed by atoms with E-state index in [0.717, 1.165) is 0 Å². The largest absolute Gasteiger partial charge is 0.493 e. The molecule has 1 aromatic rings. The van der Waals surface area contributed by atoms with Crippen LogP contribution in [0.15, 0.2) is 18.2 Å². The summed E-state index contributed by atoms with van der Waals surface area (Å²) in [5.74, 6) is -0.129. The van der Waals surface area contributed by atoms with Gasteiger partial charge in [0.25, 0.3) is 0 Å². The van der Waals surface area contributed by atoms with E-state index in [4.69, 9.17) is 14.6 Å². The predicted molar refractivity (Wildman–Crippen MR) is 76.5 cm³/mol. The van der Waals surface area contributed by atoms with Crippen LogP contribution >= 0.6 is 0 Å². The molecule has 0 aliphatic rings. The minimum absolute atomic E-state index is 0.0885. The average molecular weight is 298 g/mol. The van der Waals surface area contributed by atoms with Crippen molar-refractivity contribution in [3.05, 3.63) is 23.8 Å².